The highest BCUT2D eigenvalue weighted by atomic mass is 35.5. The minimum atomic E-state index is -1.09. The lowest BCUT2D eigenvalue weighted by atomic mass is 9.82. The molecule has 0 saturated heterocycles. The second-order valence-corrected chi connectivity index (χ2v) is 8.19. The molecule has 0 fully saturated rings. The standard InChI is InChI=1S/C25H23ClN2O3/c1-25(24(30)27-16-17-7-9-19(26)10-8-17)15-18-5-3-4-6-22(18)23(29)28(25)20-11-13-21(31-2)14-12-20/h3-14H,15-16H2,1-2H3,(H,27,30)/t25-/m0/s1. The van der Waals surface area contributed by atoms with Gasteiger partial charge in [0.1, 0.15) is 11.3 Å². The Kier molecular flexibility index (Phi) is 5.70. The number of nitrogens with zero attached hydrogens (tertiary/aromatic N) is 1. The summed E-state index contributed by atoms with van der Waals surface area (Å²) in [7, 11) is 1.59. The SMILES string of the molecule is COc1ccc(N2C(=O)c3ccccc3C[C@@]2(C)C(=O)NCc2ccc(Cl)cc2)cc1. The Labute approximate surface area is 186 Å². The van der Waals surface area contributed by atoms with Crippen molar-refractivity contribution in [2.75, 3.05) is 12.0 Å². The molecule has 0 saturated carbocycles. The van der Waals surface area contributed by atoms with Crippen molar-refractivity contribution in [3.05, 3.63) is 94.5 Å². The summed E-state index contributed by atoms with van der Waals surface area (Å²) in [5.74, 6) is 0.264. The summed E-state index contributed by atoms with van der Waals surface area (Å²) in [6, 6.07) is 21.9. The van der Waals surface area contributed by atoms with E-state index in [1.807, 2.05) is 37.3 Å². The zero-order chi connectivity index (χ0) is 22.0. The van der Waals surface area contributed by atoms with E-state index in [2.05, 4.69) is 5.32 Å². The summed E-state index contributed by atoms with van der Waals surface area (Å²) in [4.78, 5) is 28.6. The number of benzene rings is 3. The van der Waals surface area contributed by atoms with Crippen LogP contribution in [-0.4, -0.2) is 24.5 Å². The molecule has 158 valence electrons. The second-order valence-electron chi connectivity index (χ2n) is 7.76. The van der Waals surface area contributed by atoms with E-state index in [0.717, 1.165) is 11.1 Å². The fourth-order valence-corrected chi connectivity index (χ4v) is 4.09. The summed E-state index contributed by atoms with van der Waals surface area (Å²) >= 11 is 5.95. The number of nitrogens with one attached hydrogen (secondary N) is 1. The maximum Gasteiger partial charge on any atom is 0.259 e. The molecule has 31 heavy (non-hydrogen) atoms. The van der Waals surface area contributed by atoms with Crippen molar-refractivity contribution in [2.24, 2.45) is 0 Å². The van der Waals surface area contributed by atoms with Crippen molar-refractivity contribution in [3.63, 3.8) is 0 Å². The number of halogens is 1. The van der Waals surface area contributed by atoms with Gasteiger partial charge in [-0.15, -0.1) is 0 Å². The highest BCUT2D eigenvalue weighted by Gasteiger charge is 2.47. The van der Waals surface area contributed by atoms with Gasteiger partial charge in [-0.25, -0.2) is 0 Å². The molecule has 1 aliphatic heterocycles. The molecule has 1 N–H and O–H groups in total. The first-order chi connectivity index (χ1) is 14.9. The third-order valence-corrected chi connectivity index (χ3v) is 5.92. The van der Waals surface area contributed by atoms with Crippen molar-refractivity contribution in [2.45, 2.75) is 25.4 Å². The molecule has 5 nitrogen and oxygen atoms in total. The number of carbonyl (C=O) groups excluding carboxylic acids is 2. The zero-order valence-electron chi connectivity index (χ0n) is 17.4. The number of fused-ring (bicyclic) bond motifs is 1. The number of hydrogen-bond donors (Lipinski definition) is 1. The normalized spacial score (nSPS) is 17.8. The van der Waals surface area contributed by atoms with E-state index in [0.29, 0.717) is 35.0 Å². The molecule has 0 unspecified atom stereocenters. The lowest BCUT2D eigenvalue weighted by Gasteiger charge is -2.44. The zero-order valence-corrected chi connectivity index (χ0v) is 18.1. The van der Waals surface area contributed by atoms with E-state index >= 15 is 0 Å². The van der Waals surface area contributed by atoms with Crippen LogP contribution in [0.25, 0.3) is 0 Å². The maximum atomic E-state index is 13.5. The van der Waals surface area contributed by atoms with Crippen molar-refractivity contribution >= 4 is 29.1 Å². The van der Waals surface area contributed by atoms with E-state index in [4.69, 9.17) is 16.3 Å². The Morgan fingerprint density at radius 2 is 1.74 bits per heavy atom. The highest BCUT2D eigenvalue weighted by molar-refractivity contribution is 6.30. The minimum absolute atomic E-state index is 0.198. The molecule has 3 aromatic rings. The van der Waals surface area contributed by atoms with Gasteiger partial charge in [-0.2, -0.15) is 0 Å². The molecule has 0 bridgehead atoms. The molecular weight excluding hydrogens is 412 g/mol. The van der Waals surface area contributed by atoms with E-state index in [1.54, 1.807) is 54.5 Å². The van der Waals surface area contributed by atoms with Gasteiger partial charge in [0.05, 0.1) is 7.11 Å². The average Bonchev–Trinajstić information content (AvgIpc) is 2.79. The maximum absolute atomic E-state index is 13.5. The first-order valence-corrected chi connectivity index (χ1v) is 10.4. The third kappa shape index (κ3) is 4.01. The monoisotopic (exact) mass is 434 g/mol. The van der Waals surface area contributed by atoms with Crippen LogP contribution in [0, 0.1) is 0 Å². The van der Waals surface area contributed by atoms with Crippen molar-refractivity contribution in [1.29, 1.82) is 0 Å². The van der Waals surface area contributed by atoms with Crippen LogP contribution >= 0.6 is 11.6 Å². The van der Waals surface area contributed by atoms with Crippen LogP contribution in [-0.2, 0) is 17.8 Å². The van der Waals surface area contributed by atoms with Gasteiger partial charge in [0.25, 0.3) is 5.91 Å². The minimum Gasteiger partial charge on any atom is -0.497 e. The van der Waals surface area contributed by atoms with E-state index in [1.165, 1.54) is 0 Å². The summed E-state index contributed by atoms with van der Waals surface area (Å²) < 4.78 is 5.24. The van der Waals surface area contributed by atoms with Crippen LogP contribution in [0.1, 0.15) is 28.4 Å². The van der Waals surface area contributed by atoms with Crippen LogP contribution in [0.4, 0.5) is 5.69 Å². The smallest absolute Gasteiger partial charge is 0.259 e. The summed E-state index contributed by atoms with van der Waals surface area (Å²) in [5, 5.41) is 3.64. The topological polar surface area (TPSA) is 58.6 Å². The van der Waals surface area contributed by atoms with Crippen LogP contribution in [0.3, 0.4) is 0 Å². The number of rotatable bonds is 5. The molecular formula is C25H23ClN2O3. The molecule has 0 radical (unpaired) electrons. The quantitative estimate of drug-likeness (QED) is 0.637. The first kappa shape index (κ1) is 20.9. The number of amides is 2. The van der Waals surface area contributed by atoms with Gasteiger partial charge in [0.15, 0.2) is 0 Å². The molecule has 0 spiro atoms. The lowest BCUT2D eigenvalue weighted by molar-refractivity contribution is -0.126. The Hall–Kier alpha value is -3.31. The van der Waals surface area contributed by atoms with Gasteiger partial charge in [-0.3, -0.25) is 14.5 Å². The predicted octanol–water partition coefficient (Wildman–Crippen LogP) is 4.63. The van der Waals surface area contributed by atoms with Gasteiger partial charge in [-0.05, 0) is 60.5 Å². The van der Waals surface area contributed by atoms with Crippen molar-refractivity contribution in [3.8, 4) is 5.75 Å². The van der Waals surface area contributed by atoms with Crippen LogP contribution in [0.5, 0.6) is 5.75 Å². The van der Waals surface area contributed by atoms with E-state index in [-0.39, 0.29) is 11.8 Å². The van der Waals surface area contributed by atoms with Crippen LogP contribution < -0.4 is 15.0 Å². The molecule has 0 aromatic heterocycles. The Balaban J connectivity index is 1.69. The number of methoxy groups -OCH3 is 1. The van der Waals surface area contributed by atoms with E-state index in [9.17, 15) is 9.59 Å². The first-order valence-electron chi connectivity index (χ1n) is 10.0. The molecule has 1 atom stereocenters. The Bertz CT molecular complexity index is 1110. The average molecular weight is 435 g/mol. The highest BCUT2D eigenvalue weighted by Crippen LogP contribution is 2.36. The number of carbonyl (C=O) groups is 2. The number of ether oxygens (including phenoxy) is 1. The van der Waals surface area contributed by atoms with Gasteiger partial charge < -0.3 is 10.1 Å². The number of hydrogen-bond acceptors (Lipinski definition) is 3. The number of anilines is 1. The second kappa shape index (κ2) is 8.44. The molecule has 1 heterocycles. The lowest BCUT2D eigenvalue weighted by Crippen LogP contribution is -2.63. The summed E-state index contributed by atoms with van der Waals surface area (Å²) in [5.41, 5.74) is 1.96. The Morgan fingerprint density at radius 3 is 2.42 bits per heavy atom. The predicted molar refractivity (Wildman–Crippen MR) is 122 cm³/mol. The summed E-state index contributed by atoms with van der Waals surface area (Å²) in [6.45, 7) is 2.15. The summed E-state index contributed by atoms with van der Waals surface area (Å²) in [6.07, 6.45) is 0.410. The van der Waals surface area contributed by atoms with Crippen LogP contribution in [0.2, 0.25) is 5.02 Å². The third-order valence-electron chi connectivity index (χ3n) is 5.67. The molecule has 0 aliphatic carbocycles. The van der Waals surface area contributed by atoms with Crippen molar-refractivity contribution in [1.82, 2.24) is 5.32 Å². The molecule has 3 aromatic carbocycles. The molecule has 6 heteroatoms. The van der Waals surface area contributed by atoms with Crippen molar-refractivity contribution < 1.29 is 14.3 Å². The largest absolute Gasteiger partial charge is 0.497 e. The molecule has 4 rings (SSSR count). The Morgan fingerprint density at radius 1 is 1.06 bits per heavy atom. The van der Waals surface area contributed by atoms with Gasteiger partial charge in [0.2, 0.25) is 5.91 Å². The molecule has 1 aliphatic rings. The fourth-order valence-electron chi connectivity index (χ4n) is 3.97. The van der Waals surface area contributed by atoms with Gasteiger partial charge in [-0.1, -0.05) is 41.9 Å². The van der Waals surface area contributed by atoms with E-state index < -0.39 is 5.54 Å². The van der Waals surface area contributed by atoms with Crippen LogP contribution in [0.15, 0.2) is 72.8 Å². The molecule has 2 amide bonds. The van der Waals surface area contributed by atoms with Gasteiger partial charge >= 0.3 is 0 Å². The fraction of sp³-hybridized carbons (Fsp3) is 0.200. The van der Waals surface area contributed by atoms with Gasteiger partial charge in [0, 0.05) is 29.2 Å².